The highest BCUT2D eigenvalue weighted by Crippen LogP contribution is 2.26. The number of likely N-dealkylation sites (tertiary alicyclic amines) is 1. The summed E-state index contributed by atoms with van der Waals surface area (Å²) in [5.41, 5.74) is -2.06. The third-order valence-electron chi connectivity index (χ3n) is 5.06. The third kappa shape index (κ3) is 4.77. The minimum absolute atomic E-state index is 0.0304. The van der Waals surface area contributed by atoms with Gasteiger partial charge < -0.3 is 4.90 Å². The van der Waals surface area contributed by atoms with Crippen LogP contribution in [0.25, 0.3) is 0 Å². The molecule has 1 aliphatic rings. The van der Waals surface area contributed by atoms with Crippen LogP contribution in [0.1, 0.15) is 48.9 Å². The molecule has 0 aromatic carbocycles. The number of piperidine rings is 1. The summed E-state index contributed by atoms with van der Waals surface area (Å²) in [7, 11) is 0. The van der Waals surface area contributed by atoms with Crippen molar-refractivity contribution < 1.29 is 18.0 Å². The summed E-state index contributed by atoms with van der Waals surface area (Å²) in [5.74, 6) is -0.251. The van der Waals surface area contributed by atoms with E-state index in [2.05, 4.69) is 10.1 Å². The second kappa shape index (κ2) is 8.41. The molecule has 0 aliphatic carbocycles. The fourth-order valence-corrected chi connectivity index (χ4v) is 3.39. The number of nitrogens with zero attached hydrogens (tertiary/aromatic N) is 5. The number of halogens is 3. The van der Waals surface area contributed by atoms with Crippen molar-refractivity contribution in [3.8, 4) is 0 Å². The standard InChI is InChI=1S/C19H22F3N5O3/c1-12(2)27-16(28)4-3-14(24-27)18(30)25-7-5-13(6-8-25)10-26-11-23-15(9-17(26)29)19(20,21)22/h3-4,9,11-13H,5-8,10H2,1-2H3. The van der Waals surface area contributed by atoms with E-state index in [1.165, 1.54) is 16.8 Å². The normalized spacial score (nSPS) is 15.6. The number of amides is 1. The lowest BCUT2D eigenvalue weighted by atomic mass is 9.96. The Balaban J connectivity index is 1.63. The Morgan fingerprint density at radius 1 is 1.17 bits per heavy atom. The molecule has 0 N–H and O–H groups in total. The third-order valence-corrected chi connectivity index (χ3v) is 5.06. The SMILES string of the molecule is CC(C)n1nc(C(=O)N2CCC(Cn3cnc(C(F)(F)F)cc3=O)CC2)ccc1=O. The number of hydrogen-bond donors (Lipinski definition) is 0. The highest BCUT2D eigenvalue weighted by molar-refractivity contribution is 5.92. The number of aromatic nitrogens is 4. The van der Waals surface area contributed by atoms with Crippen LogP contribution < -0.4 is 11.1 Å². The van der Waals surface area contributed by atoms with Crippen LogP contribution in [0.15, 0.2) is 34.1 Å². The molecule has 0 saturated carbocycles. The van der Waals surface area contributed by atoms with Crippen molar-refractivity contribution in [3.05, 3.63) is 56.6 Å². The van der Waals surface area contributed by atoms with E-state index in [1.54, 1.807) is 18.7 Å². The summed E-state index contributed by atoms with van der Waals surface area (Å²) >= 11 is 0. The molecule has 3 rings (SSSR count). The zero-order valence-corrected chi connectivity index (χ0v) is 16.6. The van der Waals surface area contributed by atoms with Crippen molar-refractivity contribution in [2.75, 3.05) is 13.1 Å². The lowest BCUT2D eigenvalue weighted by Crippen LogP contribution is -2.41. The fourth-order valence-electron chi connectivity index (χ4n) is 3.39. The van der Waals surface area contributed by atoms with E-state index in [0.717, 1.165) is 10.9 Å². The molecule has 3 heterocycles. The second-order valence-electron chi connectivity index (χ2n) is 7.59. The van der Waals surface area contributed by atoms with Crippen LogP contribution in [0.3, 0.4) is 0 Å². The molecule has 2 aromatic rings. The van der Waals surface area contributed by atoms with Gasteiger partial charge in [-0.05, 0) is 38.7 Å². The van der Waals surface area contributed by atoms with E-state index in [9.17, 15) is 27.6 Å². The Bertz CT molecular complexity index is 1040. The first-order valence-electron chi connectivity index (χ1n) is 9.59. The Hall–Kier alpha value is -2.98. The van der Waals surface area contributed by atoms with E-state index >= 15 is 0 Å². The van der Waals surface area contributed by atoms with Gasteiger partial charge in [0.1, 0.15) is 5.69 Å². The molecule has 1 aliphatic heterocycles. The van der Waals surface area contributed by atoms with Gasteiger partial charge >= 0.3 is 6.18 Å². The number of rotatable bonds is 4. The molecule has 0 atom stereocenters. The molecule has 1 fully saturated rings. The zero-order chi connectivity index (χ0) is 22.1. The van der Waals surface area contributed by atoms with Gasteiger partial charge in [-0.3, -0.25) is 19.0 Å². The van der Waals surface area contributed by atoms with E-state index in [-0.39, 0.29) is 35.7 Å². The van der Waals surface area contributed by atoms with Crippen molar-refractivity contribution in [3.63, 3.8) is 0 Å². The largest absolute Gasteiger partial charge is 0.433 e. The minimum atomic E-state index is -4.66. The van der Waals surface area contributed by atoms with Crippen molar-refractivity contribution in [2.45, 2.75) is 45.5 Å². The predicted molar refractivity (Wildman–Crippen MR) is 101 cm³/mol. The van der Waals surface area contributed by atoms with Crippen LogP contribution in [-0.4, -0.2) is 43.2 Å². The van der Waals surface area contributed by atoms with Crippen LogP contribution in [0.4, 0.5) is 13.2 Å². The molecule has 0 unspecified atom stereocenters. The molecule has 162 valence electrons. The van der Waals surface area contributed by atoms with Crippen molar-refractivity contribution in [1.82, 2.24) is 24.2 Å². The van der Waals surface area contributed by atoms with Gasteiger partial charge in [0.05, 0.1) is 12.4 Å². The molecule has 1 saturated heterocycles. The molecule has 1 amide bonds. The molecule has 0 radical (unpaired) electrons. The van der Waals surface area contributed by atoms with E-state index in [1.807, 2.05) is 0 Å². The summed E-state index contributed by atoms with van der Waals surface area (Å²) in [6.45, 7) is 4.68. The smallest absolute Gasteiger partial charge is 0.337 e. The maximum atomic E-state index is 12.7. The molecule has 0 bridgehead atoms. The van der Waals surface area contributed by atoms with Gasteiger partial charge in [0.15, 0.2) is 5.69 Å². The molecule has 8 nitrogen and oxygen atoms in total. The number of hydrogen-bond acceptors (Lipinski definition) is 5. The van der Waals surface area contributed by atoms with E-state index < -0.39 is 17.4 Å². The first kappa shape index (κ1) is 21.7. The highest BCUT2D eigenvalue weighted by atomic mass is 19.4. The number of carbonyl (C=O) groups is 1. The molecule has 11 heteroatoms. The van der Waals surface area contributed by atoms with Crippen LogP contribution in [0, 0.1) is 5.92 Å². The highest BCUT2D eigenvalue weighted by Gasteiger charge is 2.33. The van der Waals surface area contributed by atoms with Crippen LogP contribution in [-0.2, 0) is 12.7 Å². The second-order valence-corrected chi connectivity index (χ2v) is 7.59. The summed E-state index contributed by atoms with van der Waals surface area (Å²) in [6, 6.07) is 3.04. The van der Waals surface area contributed by atoms with E-state index in [4.69, 9.17) is 0 Å². The topological polar surface area (TPSA) is 90.1 Å². The maximum Gasteiger partial charge on any atom is 0.433 e. The Morgan fingerprint density at radius 3 is 2.40 bits per heavy atom. The van der Waals surface area contributed by atoms with Gasteiger partial charge in [0.25, 0.3) is 17.0 Å². The lowest BCUT2D eigenvalue weighted by Gasteiger charge is -2.32. The number of carbonyl (C=O) groups excluding carboxylic acids is 1. The summed E-state index contributed by atoms with van der Waals surface area (Å²) < 4.78 is 40.3. The Labute approximate surface area is 170 Å². The van der Waals surface area contributed by atoms with Gasteiger partial charge in [-0.1, -0.05) is 0 Å². The zero-order valence-electron chi connectivity index (χ0n) is 16.6. The average Bonchev–Trinajstić information content (AvgIpc) is 2.69. The molecule has 30 heavy (non-hydrogen) atoms. The van der Waals surface area contributed by atoms with Crippen LogP contribution >= 0.6 is 0 Å². The van der Waals surface area contributed by atoms with Gasteiger partial charge in [-0.25, -0.2) is 9.67 Å². The Kier molecular flexibility index (Phi) is 6.09. The summed E-state index contributed by atoms with van der Waals surface area (Å²) in [6.07, 6.45) is -2.57. The maximum absolute atomic E-state index is 12.7. The fraction of sp³-hybridized carbons (Fsp3) is 0.526. The molecular formula is C19H22F3N5O3. The van der Waals surface area contributed by atoms with E-state index in [0.29, 0.717) is 32.0 Å². The first-order chi connectivity index (χ1) is 14.1. The van der Waals surface area contributed by atoms with Crippen LogP contribution in [0.2, 0.25) is 0 Å². The predicted octanol–water partition coefficient (Wildman–Crippen LogP) is 1.95. The van der Waals surface area contributed by atoms with Gasteiger partial charge in [-0.15, -0.1) is 0 Å². The molecule has 2 aromatic heterocycles. The quantitative estimate of drug-likeness (QED) is 0.747. The minimum Gasteiger partial charge on any atom is -0.337 e. The first-order valence-corrected chi connectivity index (χ1v) is 9.59. The Morgan fingerprint density at radius 2 is 1.83 bits per heavy atom. The molecule has 0 spiro atoms. The average molecular weight is 425 g/mol. The monoisotopic (exact) mass is 425 g/mol. The van der Waals surface area contributed by atoms with Crippen LogP contribution in [0.5, 0.6) is 0 Å². The summed E-state index contributed by atoms with van der Waals surface area (Å²) in [4.78, 5) is 41.4. The number of alkyl halides is 3. The van der Waals surface area contributed by atoms with Crippen molar-refractivity contribution in [1.29, 1.82) is 0 Å². The van der Waals surface area contributed by atoms with Gasteiger partial charge in [-0.2, -0.15) is 18.3 Å². The van der Waals surface area contributed by atoms with Crippen molar-refractivity contribution in [2.24, 2.45) is 5.92 Å². The van der Waals surface area contributed by atoms with Crippen molar-refractivity contribution >= 4 is 5.91 Å². The van der Waals surface area contributed by atoms with Gasteiger partial charge in [0, 0.05) is 31.8 Å². The lowest BCUT2D eigenvalue weighted by molar-refractivity contribution is -0.141. The summed E-state index contributed by atoms with van der Waals surface area (Å²) in [5, 5.41) is 4.14. The van der Waals surface area contributed by atoms with Gasteiger partial charge in [0.2, 0.25) is 0 Å². The molecular weight excluding hydrogens is 403 g/mol.